The Labute approximate surface area is 108 Å². The first-order chi connectivity index (χ1) is 8.54. The summed E-state index contributed by atoms with van der Waals surface area (Å²) in [4.78, 5) is 8.45. The van der Waals surface area contributed by atoms with Crippen LogP contribution in [0.2, 0.25) is 0 Å². The molecule has 0 amide bonds. The molecule has 1 heterocycles. The average molecular weight is 251 g/mol. The highest BCUT2D eigenvalue weighted by molar-refractivity contribution is 5.96. The van der Waals surface area contributed by atoms with Crippen molar-refractivity contribution in [1.29, 1.82) is 0 Å². The standard InChI is InChI=1S/C12H21N5O/c1-16(2)7-8-17(3)9-10-5-4-6-14-11(10)12(13)15-18/h4-6,18H,7-9H2,1-3H3,(H2,13,15). The Balaban J connectivity index is 2.72. The fraction of sp³-hybridized carbons (Fsp3) is 0.500. The first-order valence-electron chi connectivity index (χ1n) is 5.79. The van der Waals surface area contributed by atoms with Crippen LogP contribution in [0.4, 0.5) is 0 Å². The maximum Gasteiger partial charge on any atom is 0.189 e. The molecular formula is C12H21N5O. The summed E-state index contributed by atoms with van der Waals surface area (Å²) in [7, 11) is 6.12. The van der Waals surface area contributed by atoms with E-state index in [2.05, 4.69) is 19.9 Å². The minimum Gasteiger partial charge on any atom is -0.409 e. The third kappa shape index (κ3) is 4.31. The van der Waals surface area contributed by atoms with E-state index in [4.69, 9.17) is 10.9 Å². The zero-order valence-corrected chi connectivity index (χ0v) is 11.2. The van der Waals surface area contributed by atoms with E-state index in [1.807, 2.05) is 33.3 Å². The first kappa shape index (κ1) is 14.4. The summed E-state index contributed by atoms with van der Waals surface area (Å²) in [6.07, 6.45) is 1.64. The van der Waals surface area contributed by atoms with E-state index in [9.17, 15) is 0 Å². The molecule has 6 heteroatoms. The van der Waals surface area contributed by atoms with Gasteiger partial charge in [-0.05, 0) is 32.8 Å². The summed E-state index contributed by atoms with van der Waals surface area (Å²) < 4.78 is 0. The lowest BCUT2D eigenvalue weighted by Gasteiger charge is -2.20. The van der Waals surface area contributed by atoms with Crippen LogP contribution in [0.3, 0.4) is 0 Å². The molecule has 0 spiro atoms. The molecule has 0 radical (unpaired) electrons. The Morgan fingerprint density at radius 3 is 2.72 bits per heavy atom. The van der Waals surface area contributed by atoms with Crippen molar-refractivity contribution in [2.24, 2.45) is 10.9 Å². The second-order valence-electron chi connectivity index (χ2n) is 4.54. The third-order valence-electron chi connectivity index (χ3n) is 2.61. The van der Waals surface area contributed by atoms with Gasteiger partial charge in [-0.1, -0.05) is 11.2 Å². The second-order valence-corrected chi connectivity index (χ2v) is 4.54. The van der Waals surface area contributed by atoms with Crippen molar-refractivity contribution in [2.75, 3.05) is 34.2 Å². The van der Waals surface area contributed by atoms with E-state index in [0.29, 0.717) is 12.2 Å². The number of nitrogens with two attached hydrogens (primary N) is 1. The van der Waals surface area contributed by atoms with E-state index < -0.39 is 0 Å². The van der Waals surface area contributed by atoms with Gasteiger partial charge in [0.05, 0.1) is 0 Å². The van der Waals surface area contributed by atoms with Crippen molar-refractivity contribution in [2.45, 2.75) is 6.54 Å². The quantitative estimate of drug-likeness (QED) is 0.326. The molecule has 3 N–H and O–H groups in total. The van der Waals surface area contributed by atoms with Crippen molar-refractivity contribution in [3.8, 4) is 0 Å². The van der Waals surface area contributed by atoms with Crippen LogP contribution in [0.1, 0.15) is 11.3 Å². The lowest BCUT2D eigenvalue weighted by Crippen LogP contribution is -2.29. The topological polar surface area (TPSA) is 78.0 Å². The molecule has 0 saturated carbocycles. The summed E-state index contributed by atoms with van der Waals surface area (Å²) in [6, 6.07) is 3.79. The summed E-state index contributed by atoms with van der Waals surface area (Å²) in [6.45, 7) is 2.64. The van der Waals surface area contributed by atoms with Crippen molar-refractivity contribution in [3.05, 3.63) is 29.6 Å². The summed E-state index contributed by atoms with van der Waals surface area (Å²) >= 11 is 0. The molecule has 1 aromatic rings. The fourth-order valence-corrected chi connectivity index (χ4v) is 1.58. The van der Waals surface area contributed by atoms with E-state index in [1.165, 1.54) is 0 Å². The molecule has 0 saturated heterocycles. The minimum atomic E-state index is 0.0478. The molecular weight excluding hydrogens is 230 g/mol. The lowest BCUT2D eigenvalue weighted by molar-refractivity contribution is 0.276. The number of likely N-dealkylation sites (N-methyl/N-ethyl adjacent to an activating group) is 2. The Morgan fingerprint density at radius 2 is 2.11 bits per heavy atom. The number of nitrogens with zero attached hydrogens (tertiary/aromatic N) is 4. The number of aromatic nitrogens is 1. The maximum absolute atomic E-state index is 8.73. The number of hydrogen-bond donors (Lipinski definition) is 2. The van der Waals surface area contributed by atoms with Crippen molar-refractivity contribution >= 4 is 5.84 Å². The molecule has 0 fully saturated rings. The Kier molecular flexibility index (Phi) is 5.54. The predicted octanol–water partition coefficient (Wildman–Crippen LogP) is 0.170. The summed E-state index contributed by atoms with van der Waals surface area (Å²) in [5.41, 5.74) is 7.10. The average Bonchev–Trinajstić information content (AvgIpc) is 2.36. The number of amidine groups is 1. The van der Waals surface area contributed by atoms with Gasteiger partial charge in [0.2, 0.25) is 0 Å². The fourth-order valence-electron chi connectivity index (χ4n) is 1.58. The van der Waals surface area contributed by atoms with E-state index in [0.717, 1.165) is 18.7 Å². The molecule has 0 aliphatic heterocycles. The molecule has 1 aromatic heterocycles. The van der Waals surface area contributed by atoms with Gasteiger partial charge < -0.3 is 20.7 Å². The Bertz CT molecular complexity index is 405. The molecule has 0 aliphatic carbocycles. The lowest BCUT2D eigenvalue weighted by atomic mass is 10.1. The summed E-state index contributed by atoms with van der Waals surface area (Å²) in [5.74, 6) is 0.0478. The van der Waals surface area contributed by atoms with E-state index in [-0.39, 0.29) is 5.84 Å². The van der Waals surface area contributed by atoms with E-state index >= 15 is 0 Å². The normalized spacial score (nSPS) is 12.4. The monoisotopic (exact) mass is 251 g/mol. The minimum absolute atomic E-state index is 0.0478. The van der Waals surface area contributed by atoms with Crippen LogP contribution in [0.15, 0.2) is 23.5 Å². The van der Waals surface area contributed by atoms with Gasteiger partial charge in [0.15, 0.2) is 5.84 Å². The Morgan fingerprint density at radius 1 is 1.39 bits per heavy atom. The van der Waals surface area contributed by atoms with Gasteiger partial charge in [0.25, 0.3) is 0 Å². The highest BCUT2D eigenvalue weighted by Crippen LogP contribution is 2.08. The zero-order chi connectivity index (χ0) is 13.5. The number of rotatable bonds is 6. The van der Waals surface area contributed by atoms with Gasteiger partial charge in [0.1, 0.15) is 5.69 Å². The van der Waals surface area contributed by atoms with Crippen molar-refractivity contribution in [3.63, 3.8) is 0 Å². The second kappa shape index (κ2) is 6.93. The molecule has 6 nitrogen and oxygen atoms in total. The molecule has 0 bridgehead atoms. The van der Waals surface area contributed by atoms with Gasteiger partial charge in [-0.3, -0.25) is 4.98 Å². The largest absolute Gasteiger partial charge is 0.409 e. The molecule has 1 rings (SSSR count). The zero-order valence-electron chi connectivity index (χ0n) is 11.2. The van der Waals surface area contributed by atoms with Crippen LogP contribution in [-0.4, -0.2) is 60.1 Å². The molecule has 0 unspecified atom stereocenters. The maximum atomic E-state index is 8.73. The van der Waals surface area contributed by atoms with E-state index in [1.54, 1.807) is 6.20 Å². The van der Waals surface area contributed by atoms with Gasteiger partial charge in [-0.2, -0.15) is 0 Å². The smallest absolute Gasteiger partial charge is 0.189 e. The number of oxime groups is 1. The highest BCUT2D eigenvalue weighted by atomic mass is 16.4. The predicted molar refractivity (Wildman–Crippen MR) is 71.6 cm³/mol. The van der Waals surface area contributed by atoms with Gasteiger partial charge in [-0.25, -0.2) is 0 Å². The highest BCUT2D eigenvalue weighted by Gasteiger charge is 2.10. The molecule has 0 aromatic carbocycles. The van der Waals surface area contributed by atoms with Crippen molar-refractivity contribution in [1.82, 2.24) is 14.8 Å². The molecule has 100 valence electrons. The molecule has 18 heavy (non-hydrogen) atoms. The van der Waals surface area contributed by atoms with Gasteiger partial charge >= 0.3 is 0 Å². The van der Waals surface area contributed by atoms with Crippen LogP contribution >= 0.6 is 0 Å². The van der Waals surface area contributed by atoms with Gasteiger partial charge in [0, 0.05) is 25.8 Å². The Hall–Kier alpha value is -1.66. The number of pyridine rings is 1. The van der Waals surface area contributed by atoms with Crippen molar-refractivity contribution < 1.29 is 5.21 Å². The van der Waals surface area contributed by atoms with Gasteiger partial charge in [-0.15, -0.1) is 0 Å². The van der Waals surface area contributed by atoms with Crippen LogP contribution in [-0.2, 0) is 6.54 Å². The van der Waals surface area contributed by atoms with Crippen LogP contribution in [0.25, 0.3) is 0 Å². The number of hydrogen-bond acceptors (Lipinski definition) is 5. The van der Waals surface area contributed by atoms with Crippen LogP contribution in [0, 0.1) is 0 Å². The van der Waals surface area contributed by atoms with Crippen LogP contribution < -0.4 is 5.73 Å². The first-order valence-corrected chi connectivity index (χ1v) is 5.79. The SMILES string of the molecule is CN(C)CCN(C)Cc1cccnc1C(N)=NO. The molecule has 0 aliphatic rings. The van der Waals surface area contributed by atoms with Crippen LogP contribution in [0.5, 0.6) is 0 Å². The third-order valence-corrected chi connectivity index (χ3v) is 2.61. The molecule has 0 atom stereocenters. The summed E-state index contributed by atoms with van der Waals surface area (Å²) in [5, 5.41) is 11.7.